The lowest BCUT2D eigenvalue weighted by atomic mass is 10.0. The molecule has 0 aliphatic rings. The number of carbonyl (C=O) groups excluding carboxylic acids is 2. The Hall–Kier alpha value is -2.18. The van der Waals surface area contributed by atoms with Gasteiger partial charge in [-0.15, -0.1) is 0 Å². The van der Waals surface area contributed by atoms with E-state index in [9.17, 15) is 19.8 Å². The summed E-state index contributed by atoms with van der Waals surface area (Å²) in [5, 5.41) is 23.3. The van der Waals surface area contributed by atoms with Gasteiger partial charge in [0.15, 0.2) is 0 Å². The highest BCUT2D eigenvalue weighted by Gasteiger charge is 2.18. The second-order valence-electron chi connectivity index (χ2n) is 29.9. The summed E-state index contributed by atoms with van der Waals surface area (Å²) in [6.45, 7) is 4.95. The Balaban J connectivity index is 3.37. The summed E-state index contributed by atoms with van der Waals surface area (Å²) >= 11 is 0. The van der Waals surface area contributed by atoms with E-state index in [1.54, 1.807) is 6.08 Å². The lowest BCUT2D eigenvalue weighted by molar-refractivity contribution is -0.143. The molecule has 560 valence electrons. The van der Waals surface area contributed by atoms with E-state index in [0.29, 0.717) is 19.4 Å². The Morgan fingerprint density at radius 2 is 0.526 bits per heavy atom. The molecule has 1 amide bonds. The molecule has 0 aliphatic heterocycles. The fraction of sp³-hybridized carbons (Fsp3) is 0.888. The van der Waals surface area contributed by atoms with E-state index in [1.807, 2.05) is 6.08 Å². The van der Waals surface area contributed by atoms with Crippen LogP contribution in [0.3, 0.4) is 0 Å². The number of ether oxygens (including phenoxy) is 1. The van der Waals surface area contributed by atoms with Gasteiger partial charge in [-0.25, -0.2) is 0 Å². The topological polar surface area (TPSA) is 95.9 Å². The third kappa shape index (κ3) is 80.7. The van der Waals surface area contributed by atoms with Crippen molar-refractivity contribution in [3.05, 3.63) is 48.6 Å². The molecule has 2 atom stereocenters. The molecule has 0 radical (unpaired) electrons. The fourth-order valence-electron chi connectivity index (χ4n) is 13.7. The number of aliphatic hydroxyl groups is 2. The van der Waals surface area contributed by atoms with Crippen molar-refractivity contribution in [2.45, 2.75) is 495 Å². The van der Waals surface area contributed by atoms with Crippen molar-refractivity contribution in [3.8, 4) is 0 Å². The van der Waals surface area contributed by atoms with Crippen molar-refractivity contribution in [3.63, 3.8) is 0 Å². The largest absolute Gasteiger partial charge is 0.466 e. The molecule has 0 heterocycles. The Morgan fingerprint density at radius 1 is 0.295 bits per heavy atom. The molecule has 3 N–H and O–H groups in total. The molecule has 0 bridgehead atoms. The molecule has 0 aromatic heterocycles. The van der Waals surface area contributed by atoms with Crippen molar-refractivity contribution in [2.75, 3.05) is 13.2 Å². The predicted octanol–water partition coefficient (Wildman–Crippen LogP) is 29.1. The van der Waals surface area contributed by atoms with Crippen LogP contribution in [0.5, 0.6) is 0 Å². The number of nitrogens with one attached hydrogen (secondary N) is 1. The predicted molar refractivity (Wildman–Crippen MR) is 421 cm³/mol. The van der Waals surface area contributed by atoms with Gasteiger partial charge in [0.05, 0.1) is 25.4 Å². The summed E-state index contributed by atoms with van der Waals surface area (Å²) in [4.78, 5) is 24.7. The molecular formula is C89H169NO5. The minimum atomic E-state index is -0.845. The Bertz CT molecular complexity index is 1590. The molecule has 0 aromatic carbocycles. The van der Waals surface area contributed by atoms with Gasteiger partial charge in [-0.3, -0.25) is 9.59 Å². The smallest absolute Gasteiger partial charge is 0.305 e. The molecule has 6 nitrogen and oxygen atoms in total. The van der Waals surface area contributed by atoms with E-state index in [4.69, 9.17) is 4.74 Å². The van der Waals surface area contributed by atoms with Crippen LogP contribution in [0.2, 0.25) is 0 Å². The Labute approximate surface area is 595 Å². The van der Waals surface area contributed by atoms with Crippen molar-refractivity contribution in [1.29, 1.82) is 0 Å². The zero-order chi connectivity index (χ0) is 68.4. The molecule has 0 saturated carbocycles. The van der Waals surface area contributed by atoms with Crippen molar-refractivity contribution >= 4 is 11.9 Å². The van der Waals surface area contributed by atoms with Crippen LogP contribution in [0, 0.1) is 0 Å². The van der Waals surface area contributed by atoms with Gasteiger partial charge in [0.2, 0.25) is 5.91 Å². The van der Waals surface area contributed by atoms with E-state index in [-0.39, 0.29) is 18.5 Å². The third-order valence-corrected chi connectivity index (χ3v) is 20.3. The van der Waals surface area contributed by atoms with Crippen LogP contribution < -0.4 is 5.32 Å². The van der Waals surface area contributed by atoms with Gasteiger partial charge in [-0.05, 0) is 89.9 Å². The quantitative estimate of drug-likeness (QED) is 0.0320. The molecule has 0 saturated heterocycles. The lowest BCUT2D eigenvalue weighted by Gasteiger charge is -2.20. The average molecular weight is 1330 g/mol. The first kappa shape index (κ1) is 92.8. The SMILES string of the molecule is CCCCCCCC/C=C\CCCCCCCCCCCC(=O)OCCCCCCCCCCCCCCC/C=C\C/C=C\CCCCCCCCCCCCCCCCCCCC(=O)NC(CO)C(O)/C=C/CCCCCCCCCCCCCCCCCCCCCC. The van der Waals surface area contributed by atoms with Crippen molar-refractivity contribution < 1.29 is 24.5 Å². The van der Waals surface area contributed by atoms with E-state index in [0.717, 1.165) is 44.9 Å². The first-order chi connectivity index (χ1) is 47.0. The van der Waals surface area contributed by atoms with Crippen LogP contribution in [0.1, 0.15) is 483 Å². The fourth-order valence-corrected chi connectivity index (χ4v) is 13.7. The first-order valence-electron chi connectivity index (χ1n) is 43.4. The summed E-state index contributed by atoms with van der Waals surface area (Å²) in [6.07, 6.45) is 113. The van der Waals surface area contributed by atoms with E-state index in [1.165, 1.54) is 411 Å². The van der Waals surface area contributed by atoms with E-state index < -0.39 is 12.1 Å². The zero-order valence-corrected chi connectivity index (χ0v) is 64.4. The van der Waals surface area contributed by atoms with E-state index in [2.05, 4.69) is 55.6 Å². The maximum atomic E-state index is 12.6. The molecule has 0 aliphatic carbocycles. The highest BCUT2D eigenvalue weighted by atomic mass is 16.5. The summed E-state index contributed by atoms with van der Waals surface area (Å²) in [6, 6.07) is -0.628. The summed E-state index contributed by atoms with van der Waals surface area (Å²) in [7, 11) is 0. The zero-order valence-electron chi connectivity index (χ0n) is 64.4. The van der Waals surface area contributed by atoms with Gasteiger partial charge in [0.25, 0.3) is 0 Å². The highest BCUT2D eigenvalue weighted by Crippen LogP contribution is 2.20. The van der Waals surface area contributed by atoms with Crippen LogP contribution in [0.4, 0.5) is 0 Å². The monoisotopic (exact) mass is 1330 g/mol. The molecule has 2 unspecified atom stereocenters. The van der Waals surface area contributed by atoms with Crippen molar-refractivity contribution in [1.82, 2.24) is 5.32 Å². The number of rotatable bonds is 82. The second kappa shape index (κ2) is 84.2. The van der Waals surface area contributed by atoms with Crippen LogP contribution in [-0.4, -0.2) is 47.4 Å². The standard InChI is InChI=1S/C89H169NO5/c1-3-5-7-9-11-13-15-17-19-21-23-24-42-46-49-53-57-61-65-69-73-77-81-87(92)86(85-91)90-88(93)82-78-74-70-66-62-58-54-50-47-43-40-38-36-34-32-30-28-26-25-27-29-31-33-35-37-39-41-44-48-52-56-60-64-68-72-76-80-84-95-89(94)83-79-75-71-67-63-59-55-51-45-22-20-18-16-14-12-10-8-6-4-2/h18,20,25,27,31,33,77,81,86-87,91-92H,3-17,19,21-24,26,28-30,32,34-76,78-80,82-85H2,1-2H3,(H,90,93)/b20-18-,27-25-,33-31-,81-77+. The number of aliphatic hydroxyl groups excluding tert-OH is 2. The molecule has 0 spiro atoms. The van der Waals surface area contributed by atoms with Crippen molar-refractivity contribution in [2.24, 2.45) is 0 Å². The van der Waals surface area contributed by atoms with Gasteiger partial charge in [0.1, 0.15) is 0 Å². The van der Waals surface area contributed by atoms with Gasteiger partial charge in [-0.1, -0.05) is 428 Å². The molecule has 0 rings (SSSR count). The molecule has 6 heteroatoms. The number of carbonyl (C=O) groups is 2. The average Bonchev–Trinajstić information content (AvgIpc) is 3.35. The van der Waals surface area contributed by atoms with Crippen LogP contribution in [0.15, 0.2) is 48.6 Å². The molecular weight excluding hydrogens is 1160 g/mol. The Morgan fingerprint density at radius 3 is 0.811 bits per heavy atom. The Kier molecular flexibility index (Phi) is 82.3. The number of unbranched alkanes of at least 4 members (excludes halogenated alkanes) is 65. The minimum Gasteiger partial charge on any atom is -0.466 e. The summed E-state index contributed by atoms with van der Waals surface area (Å²) in [5.41, 5.74) is 0. The maximum absolute atomic E-state index is 12.6. The number of esters is 1. The molecule has 0 aromatic rings. The maximum Gasteiger partial charge on any atom is 0.305 e. The highest BCUT2D eigenvalue weighted by molar-refractivity contribution is 5.76. The van der Waals surface area contributed by atoms with Gasteiger partial charge >= 0.3 is 5.97 Å². The summed E-state index contributed by atoms with van der Waals surface area (Å²) < 4.78 is 5.52. The van der Waals surface area contributed by atoms with E-state index >= 15 is 0 Å². The first-order valence-corrected chi connectivity index (χ1v) is 43.4. The second-order valence-corrected chi connectivity index (χ2v) is 29.9. The van der Waals surface area contributed by atoms with Gasteiger partial charge in [-0.2, -0.15) is 0 Å². The number of hydrogen-bond acceptors (Lipinski definition) is 5. The van der Waals surface area contributed by atoms with Gasteiger partial charge < -0.3 is 20.3 Å². The third-order valence-electron chi connectivity index (χ3n) is 20.3. The van der Waals surface area contributed by atoms with Crippen LogP contribution >= 0.6 is 0 Å². The van der Waals surface area contributed by atoms with Crippen LogP contribution in [0.25, 0.3) is 0 Å². The molecule has 95 heavy (non-hydrogen) atoms. The lowest BCUT2D eigenvalue weighted by Crippen LogP contribution is -2.45. The number of hydrogen-bond donors (Lipinski definition) is 3. The minimum absolute atomic E-state index is 0.0189. The number of amides is 1. The van der Waals surface area contributed by atoms with Gasteiger partial charge in [0, 0.05) is 12.8 Å². The molecule has 0 fully saturated rings. The summed E-state index contributed by atoms with van der Waals surface area (Å²) in [5.74, 6) is -0.0415. The van der Waals surface area contributed by atoms with Crippen LogP contribution in [-0.2, 0) is 14.3 Å². The number of allylic oxidation sites excluding steroid dienone is 7. The normalized spacial score (nSPS) is 12.7.